The molecule has 2 N–H and O–H groups in total. The molecule has 0 saturated heterocycles. The molecule has 4 bridgehead atoms. The zero-order valence-electron chi connectivity index (χ0n) is 16.2. The molecular weight excluding hydrogens is 326 g/mol. The Kier molecular flexibility index (Phi) is 3.63. The first-order valence-electron chi connectivity index (χ1n) is 10.6. The highest BCUT2D eigenvalue weighted by Gasteiger charge is 2.72. The lowest BCUT2D eigenvalue weighted by molar-refractivity contribution is -0.250. The summed E-state index contributed by atoms with van der Waals surface area (Å²) in [7, 11) is 0. The van der Waals surface area contributed by atoms with Gasteiger partial charge in [-0.3, -0.25) is 4.99 Å². The molecule has 0 amide bonds. The van der Waals surface area contributed by atoms with Crippen LogP contribution in [0.5, 0.6) is 0 Å². The second-order valence-electron chi connectivity index (χ2n) is 9.98. The van der Waals surface area contributed by atoms with Gasteiger partial charge in [0.25, 0.3) is 0 Å². The standard InChI is InChI=1S/C22H33NO3/c1-4-26-19-20(3)7-5-8-21(12-23-19)15(20)11-17(24)22-9-6-14(10-16(21)22)13(2)18(22)25/h12,14-19,24-25H,2,4-11H2,1,3H3/t14-,15+,16-,17+,18-,19+,20+,21-,22+/m0/s1. The topological polar surface area (TPSA) is 62.1 Å². The van der Waals surface area contributed by atoms with Gasteiger partial charge in [0.2, 0.25) is 0 Å². The van der Waals surface area contributed by atoms with Crippen LogP contribution in [0.25, 0.3) is 0 Å². The number of nitrogens with zero attached hydrogens (tertiary/aromatic N) is 1. The van der Waals surface area contributed by atoms with E-state index >= 15 is 0 Å². The van der Waals surface area contributed by atoms with E-state index in [0.29, 0.717) is 24.4 Å². The van der Waals surface area contributed by atoms with Gasteiger partial charge in [0.15, 0.2) is 6.23 Å². The maximum atomic E-state index is 11.4. The predicted molar refractivity (Wildman–Crippen MR) is 101 cm³/mol. The SMILES string of the molecule is C=C1[C@H]2CC[C@@]3([C@H](O)C[C@@H]4[C@@]5(C)CCC[C@@]4(C=N[C@@H]5OCC)[C@@H]3C2)[C@H]1O. The van der Waals surface area contributed by atoms with Gasteiger partial charge in [0, 0.05) is 29.1 Å². The van der Waals surface area contributed by atoms with Crippen molar-refractivity contribution in [3.63, 3.8) is 0 Å². The maximum Gasteiger partial charge on any atom is 0.153 e. The van der Waals surface area contributed by atoms with Gasteiger partial charge in [-0.25, -0.2) is 0 Å². The highest BCUT2D eigenvalue weighted by atomic mass is 16.5. The summed E-state index contributed by atoms with van der Waals surface area (Å²) in [5.74, 6) is 1.11. The summed E-state index contributed by atoms with van der Waals surface area (Å²) < 4.78 is 6.04. The van der Waals surface area contributed by atoms with Gasteiger partial charge in [0.1, 0.15) is 0 Å². The van der Waals surface area contributed by atoms with Crippen molar-refractivity contribution in [3.05, 3.63) is 12.2 Å². The Hall–Kier alpha value is -0.710. The zero-order valence-corrected chi connectivity index (χ0v) is 16.2. The van der Waals surface area contributed by atoms with Crippen molar-refractivity contribution < 1.29 is 14.9 Å². The third-order valence-corrected chi connectivity index (χ3v) is 9.32. The van der Waals surface area contributed by atoms with Gasteiger partial charge >= 0.3 is 0 Å². The lowest BCUT2D eigenvalue weighted by Crippen LogP contribution is -2.72. The number of aliphatic hydroxyl groups is 2. The van der Waals surface area contributed by atoms with Crippen molar-refractivity contribution in [2.75, 3.05) is 6.61 Å². The fourth-order valence-corrected chi connectivity index (χ4v) is 8.15. The van der Waals surface area contributed by atoms with Crippen LogP contribution in [0.1, 0.15) is 58.8 Å². The minimum absolute atomic E-state index is 0.00967. The smallest absolute Gasteiger partial charge is 0.153 e. The van der Waals surface area contributed by atoms with Crippen LogP contribution in [-0.4, -0.2) is 41.5 Å². The molecule has 0 radical (unpaired) electrons. The average Bonchev–Trinajstić information content (AvgIpc) is 2.63. The molecule has 9 atom stereocenters. The minimum atomic E-state index is -0.559. The van der Waals surface area contributed by atoms with Gasteiger partial charge in [-0.2, -0.15) is 0 Å². The zero-order chi connectivity index (χ0) is 18.3. The number of aliphatic imine (C=N–C) groups is 1. The molecule has 1 heterocycles. The molecule has 4 nitrogen and oxygen atoms in total. The van der Waals surface area contributed by atoms with Crippen LogP contribution in [0.15, 0.2) is 17.1 Å². The van der Waals surface area contributed by atoms with Crippen LogP contribution < -0.4 is 0 Å². The van der Waals surface area contributed by atoms with Crippen molar-refractivity contribution in [3.8, 4) is 0 Å². The molecule has 4 heteroatoms. The molecule has 5 fully saturated rings. The molecule has 144 valence electrons. The molecule has 5 aliphatic carbocycles. The molecular formula is C22H33NO3. The van der Waals surface area contributed by atoms with Crippen LogP contribution >= 0.6 is 0 Å². The highest BCUT2D eigenvalue weighted by molar-refractivity contribution is 5.70. The van der Waals surface area contributed by atoms with Gasteiger partial charge in [-0.05, 0) is 68.8 Å². The van der Waals surface area contributed by atoms with Crippen LogP contribution in [0.3, 0.4) is 0 Å². The van der Waals surface area contributed by atoms with E-state index in [2.05, 4.69) is 19.7 Å². The van der Waals surface area contributed by atoms with Gasteiger partial charge < -0.3 is 14.9 Å². The Labute approximate surface area is 156 Å². The quantitative estimate of drug-likeness (QED) is 0.744. The van der Waals surface area contributed by atoms with Crippen LogP contribution in [0, 0.1) is 34.0 Å². The summed E-state index contributed by atoms with van der Waals surface area (Å²) >= 11 is 0. The Balaban J connectivity index is 1.65. The third-order valence-electron chi connectivity index (χ3n) is 9.32. The summed E-state index contributed by atoms with van der Waals surface area (Å²) in [6, 6.07) is 0. The second kappa shape index (κ2) is 5.42. The van der Waals surface area contributed by atoms with Crippen molar-refractivity contribution >= 4 is 6.21 Å². The van der Waals surface area contributed by atoms with Crippen LogP contribution in [-0.2, 0) is 4.74 Å². The summed E-state index contributed by atoms with van der Waals surface area (Å²) in [4.78, 5) is 4.96. The van der Waals surface area contributed by atoms with Crippen molar-refractivity contribution in [2.24, 2.45) is 39.0 Å². The van der Waals surface area contributed by atoms with E-state index in [4.69, 9.17) is 9.73 Å². The molecule has 0 unspecified atom stereocenters. The minimum Gasteiger partial charge on any atom is -0.392 e. The largest absolute Gasteiger partial charge is 0.392 e. The molecule has 0 aromatic carbocycles. The maximum absolute atomic E-state index is 11.4. The Morgan fingerprint density at radius 2 is 2.04 bits per heavy atom. The first-order chi connectivity index (χ1) is 12.4. The lowest BCUT2D eigenvalue weighted by atomic mass is 9.34. The molecule has 5 saturated carbocycles. The first kappa shape index (κ1) is 17.4. The average molecular weight is 360 g/mol. The molecule has 26 heavy (non-hydrogen) atoms. The summed E-state index contributed by atoms with van der Waals surface area (Å²) in [5, 5.41) is 22.6. The highest BCUT2D eigenvalue weighted by Crippen LogP contribution is 2.73. The molecule has 1 spiro atoms. The summed E-state index contributed by atoms with van der Waals surface area (Å²) in [6.45, 7) is 9.26. The Bertz CT molecular complexity index is 662. The van der Waals surface area contributed by atoms with Crippen molar-refractivity contribution in [1.82, 2.24) is 0 Å². The Morgan fingerprint density at radius 1 is 1.23 bits per heavy atom. The normalized spacial score (nSPS) is 57.6. The molecule has 1 aliphatic heterocycles. The summed E-state index contributed by atoms with van der Waals surface area (Å²) in [5.41, 5.74) is 0.565. The summed E-state index contributed by atoms with van der Waals surface area (Å²) in [6.07, 6.45) is 8.39. The van der Waals surface area contributed by atoms with Gasteiger partial charge in [-0.15, -0.1) is 0 Å². The van der Waals surface area contributed by atoms with Crippen LogP contribution in [0.2, 0.25) is 0 Å². The number of rotatable bonds is 2. The third kappa shape index (κ3) is 1.80. The number of hydrogen-bond donors (Lipinski definition) is 2. The number of ether oxygens (including phenoxy) is 1. The van der Waals surface area contributed by atoms with Gasteiger partial charge in [-0.1, -0.05) is 19.9 Å². The fourth-order valence-electron chi connectivity index (χ4n) is 8.15. The lowest BCUT2D eigenvalue weighted by Gasteiger charge is -2.71. The van der Waals surface area contributed by atoms with Gasteiger partial charge in [0.05, 0.1) is 12.2 Å². The van der Waals surface area contributed by atoms with E-state index in [1.807, 2.05) is 6.92 Å². The number of aliphatic hydroxyl groups excluding tert-OH is 2. The molecule has 6 rings (SSSR count). The monoisotopic (exact) mass is 359 g/mol. The number of hydrogen-bond acceptors (Lipinski definition) is 4. The molecule has 0 aromatic rings. The van der Waals surface area contributed by atoms with Crippen molar-refractivity contribution in [1.29, 1.82) is 0 Å². The molecule has 6 aliphatic rings. The second-order valence-corrected chi connectivity index (χ2v) is 9.98. The predicted octanol–water partition coefficient (Wildman–Crippen LogP) is 3.32. The Morgan fingerprint density at radius 3 is 2.81 bits per heavy atom. The fraction of sp³-hybridized carbons (Fsp3) is 0.864. The van der Waals surface area contributed by atoms with E-state index in [1.165, 1.54) is 6.42 Å². The van der Waals surface area contributed by atoms with E-state index in [0.717, 1.165) is 44.1 Å². The molecule has 0 aromatic heterocycles. The van der Waals surface area contributed by atoms with E-state index in [-0.39, 0.29) is 17.1 Å². The van der Waals surface area contributed by atoms with E-state index in [1.54, 1.807) is 0 Å². The first-order valence-corrected chi connectivity index (χ1v) is 10.6. The number of fused-ring (bicyclic) bond motifs is 2. The van der Waals surface area contributed by atoms with E-state index < -0.39 is 17.6 Å². The van der Waals surface area contributed by atoms with Crippen molar-refractivity contribution in [2.45, 2.75) is 77.2 Å². The van der Waals surface area contributed by atoms with Crippen LogP contribution in [0.4, 0.5) is 0 Å². The van der Waals surface area contributed by atoms with E-state index in [9.17, 15) is 10.2 Å².